The quantitative estimate of drug-likeness (QED) is 0.476. The summed E-state index contributed by atoms with van der Waals surface area (Å²) in [5, 5.41) is 0. The van der Waals surface area contributed by atoms with Crippen LogP contribution in [0.1, 0.15) is 50.2 Å². The van der Waals surface area contributed by atoms with Crippen LogP contribution in [-0.2, 0) is 10.8 Å². The van der Waals surface area contributed by atoms with E-state index < -0.39 is 8.32 Å². The third-order valence-electron chi connectivity index (χ3n) is 8.05. The van der Waals surface area contributed by atoms with Crippen molar-refractivity contribution in [1.29, 1.82) is 0 Å². The molecule has 27 heavy (non-hydrogen) atoms. The van der Waals surface area contributed by atoms with Crippen LogP contribution in [0.25, 0.3) is 0 Å². The third-order valence-corrected chi connectivity index (χ3v) is 9.03. The fourth-order valence-corrected chi connectivity index (χ4v) is 8.52. The fraction of sp³-hybridized carbons (Fsp3) is 0.667. The maximum Gasteiger partial charge on any atom is 0.184 e. The fourth-order valence-electron chi connectivity index (χ4n) is 6.97. The van der Waals surface area contributed by atoms with Crippen molar-refractivity contribution in [2.45, 2.75) is 70.7 Å². The Morgan fingerprint density at radius 3 is 2.67 bits per heavy atom. The summed E-state index contributed by atoms with van der Waals surface area (Å²) in [7, 11) is 0.222. The predicted octanol–water partition coefficient (Wildman–Crippen LogP) is 5.94. The molecule has 3 heteroatoms. The van der Waals surface area contributed by atoms with Crippen molar-refractivity contribution >= 4 is 8.32 Å². The zero-order valence-corrected chi connectivity index (χ0v) is 18.8. The van der Waals surface area contributed by atoms with Gasteiger partial charge in [0, 0.05) is 11.3 Å². The van der Waals surface area contributed by atoms with Crippen molar-refractivity contribution in [3.05, 3.63) is 41.0 Å². The first-order chi connectivity index (χ1) is 12.7. The van der Waals surface area contributed by atoms with E-state index in [1.54, 1.807) is 18.2 Å². The van der Waals surface area contributed by atoms with Crippen molar-refractivity contribution in [3.63, 3.8) is 0 Å². The van der Waals surface area contributed by atoms with Crippen LogP contribution < -0.4 is 4.74 Å². The van der Waals surface area contributed by atoms with Gasteiger partial charge < -0.3 is 9.16 Å². The number of hydrogen-bond donors (Lipinski definition) is 0. The lowest BCUT2D eigenvalue weighted by Crippen LogP contribution is -2.49. The molecule has 2 fully saturated rings. The van der Waals surface area contributed by atoms with Crippen molar-refractivity contribution in [2.24, 2.45) is 23.2 Å². The Bertz CT molecular complexity index is 822. The first kappa shape index (κ1) is 18.0. The molecule has 0 aromatic heterocycles. The smallest absolute Gasteiger partial charge is 0.184 e. The van der Waals surface area contributed by atoms with Gasteiger partial charge in [0.15, 0.2) is 8.32 Å². The number of methoxy groups -OCH3 is 1. The molecule has 146 valence electrons. The van der Waals surface area contributed by atoms with E-state index in [0.29, 0.717) is 23.7 Å². The van der Waals surface area contributed by atoms with Crippen molar-refractivity contribution in [3.8, 4) is 5.75 Å². The van der Waals surface area contributed by atoms with Gasteiger partial charge in [-0.3, -0.25) is 0 Å². The van der Waals surface area contributed by atoms with E-state index in [1.165, 1.54) is 31.2 Å². The predicted molar refractivity (Wildman–Crippen MR) is 113 cm³/mol. The Labute approximate surface area is 165 Å². The summed E-state index contributed by atoms with van der Waals surface area (Å²) in [4.78, 5) is 0. The highest BCUT2D eigenvalue weighted by molar-refractivity contribution is 6.69. The minimum absolute atomic E-state index is 0.137. The van der Waals surface area contributed by atoms with Gasteiger partial charge in [0.1, 0.15) is 5.75 Å². The number of hydrogen-bond acceptors (Lipinski definition) is 2. The molecule has 1 aromatic carbocycles. The molecular weight excluding hydrogens is 348 g/mol. The van der Waals surface area contributed by atoms with E-state index in [2.05, 4.69) is 57.8 Å². The lowest BCUT2D eigenvalue weighted by Gasteiger charge is -2.52. The number of ether oxygens (including phenoxy) is 1. The Morgan fingerprint density at radius 2 is 1.96 bits per heavy atom. The van der Waals surface area contributed by atoms with Crippen LogP contribution in [0.5, 0.6) is 5.75 Å². The molecule has 5 rings (SSSR count). The van der Waals surface area contributed by atoms with Gasteiger partial charge in [0.05, 0.1) is 12.7 Å². The van der Waals surface area contributed by atoms with Crippen LogP contribution in [0, 0.1) is 23.2 Å². The average Bonchev–Trinajstić information content (AvgIpc) is 3.22. The van der Waals surface area contributed by atoms with Gasteiger partial charge in [-0.1, -0.05) is 31.6 Å². The molecule has 0 saturated heterocycles. The van der Waals surface area contributed by atoms with Gasteiger partial charge in [-0.05, 0) is 86.3 Å². The zero-order chi connectivity index (χ0) is 19.2. The normalized spacial score (nSPS) is 41.8. The van der Waals surface area contributed by atoms with Crippen LogP contribution >= 0.6 is 0 Å². The van der Waals surface area contributed by atoms with Gasteiger partial charge in [-0.15, -0.1) is 0 Å². The molecule has 0 N–H and O–H groups in total. The number of rotatable bonds is 3. The highest BCUT2D eigenvalue weighted by atomic mass is 28.4. The third kappa shape index (κ3) is 2.40. The highest BCUT2D eigenvalue weighted by Gasteiger charge is 2.72. The van der Waals surface area contributed by atoms with Crippen LogP contribution in [0.2, 0.25) is 19.6 Å². The summed E-state index contributed by atoms with van der Waals surface area (Å²) in [6.07, 6.45) is 7.68. The minimum Gasteiger partial charge on any atom is -0.497 e. The van der Waals surface area contributed by atoms with Crippen molar-refractivity contribution in [2.75, 3.05) is 7.11 Å². The second-order valence-corrected chi connectivity index (χ2v) is 15.2. The lowest BCUT2D eigenvalue weighted by atomic mass is 9.54. The monoisotopic (exact) mass is 382 g/mol. The van der Waals surface area contributed by atoms with Gasteiger partial charge in [0.2, 0.25) is 0 Å². The van der Waals surface area contributed by atoms with E-state index >= 15 is 0 Å². The molecule has 1 aromatic rings. The molecule has 0 amide bonds. The zero-order valence-electron chi connectivity index (χ0n) is 17.8. The summed E-state index contributed by atoms with van der Waals surface area (Å²) in [5.41, 5.74) is 5.25. The number of fused-ring (bicyclic) bond motifs is 7. The molecule has 2 saturated carbocycles. The lowest BCUT2D eigenvalue weighted by molar-refractivity contribution is 0.0193. The van der Waals surface area contributed by atoms with E-state index in [1.807, 2.05) is 0 Å². The van der Waals surface area contributed by atoms with E-state index in [-0.39, 0.29) is 11.0 Å². The largest absolute Gasteiger partial charge is 0.497 e. The standard InChI is InChI=1S/C24H34O2Si/c1-15-11-16-12-18(25-3)7-8-19(16)20-9-10-23(2)21(22(15)20)13-17-14-24(17,23)26-27(4,5)6/h7-8,12-13,15,17,20,22H,9-11,14H2,1-6H3/t15-,17?,20-,22-,23+,24?/m1/s1. The van der Waals surface area contributed by atoms with Crippen LogP contribution in [0.3, 0.4) is 0 Å². The SMILES string of the molecule is COc1ccc2c(c1)C[C@@H](C)[C@H]1C3=CC4CC4(O[Si](C)(C)C)[C@@]3(C)CC[C@H]21. The molecule has 0 aliphatic heterocycles. The van der Waals surface area contributed by atoms with E-state index in [9.17, 15) is 0 Å². The Hall–Kier alpha value is -1.06. The Kier molecular flexibility index (Phi) is 3.67. The van der Waals surface area contributed by atoms with Crippen LogP contribution in [0.4, 0.5) is 0 Å². The summed E-state index contributed by atoms with van der Waals surface area (Å²) in [6.45, 7) is 12.1. The Balaban J connectivity index is 1.52. The molecule has 0 heterocycles. The summed E-state index contributed by atoms with van der Waals surface area (Å²) in [5.74, 6) is 3.74. The molecule has 2 nitrogen and oxygen atoms in total. The number of benzene rings is 1. The minimum atomic E-state index is -1.55. The van der Waals surface area contributed by atoms with Crippen molar-refractivity contribution < 1.29 is 9.16 Å². The van der Waals surface area contributed by atoms with Crippen LogP contribution in [0.15, 0.2) is 29.8 Å². The maximum atomic E-state index is 6.92. The topological polar surface area (TPSA) is 18.5 Å². The first-order valence-corrected chi connectivity index (χ1v) is 14.2. The van der Waals surface area contributed by atoms with Gasteiger partial charge in [0.25, 0.3) is 0 Å². The average molecular weight is 383 g/mol. The summed E-state index contributed by atoms with van der Waals surface area (Å²) in [6, 6.07) is 6.80. The molecular formula is C24H34O2Si. The molecule has 0 bridgehead atoms. The highest BCUT2D eigenvalue weighted by Crippen LogP contribution is 2.74. The Morgan fingerprint density at radius 1 is 1.19 bits per heavy atom. The second-order valence-electron chi connectivity index (χ2n) is 10.8. The second kappa shape index (κ2) is 5.51. The van der Waals surface area contributed by atoms with E-state index in [4.69, 9.17) is 9.16 Å². The van der Waals surface area contributed by atoms with Gasteiger partial charge in [-0.2, -0.15) is 0 Å². The summed E-state index contributed by atoms with van der Waals surface area (Å²) >= 11 is 0. The molecule has 6 atom stereocenters. The maximum absolute atomic E-state index is 6.92. The first-order valence-electron chi connectivity index (χ1n) is 10.8. The van der Waals surface area contributed by atoms with Gasteiger partial charge >= 0.3 is 0 Å². The van der Waals surface area contributed by atoms with Gasteiger partial charge in [-0.25, -0.2) is 0 Å². The van der Waals surface area contributed by atoms with Crippen LogP contribution in [-0.4, -0.2) is 21.0 Å². The molecule has 4 aliphatic carbocycles. The molecule has 0 radical (unpaired) electrons. The van der Waals surface area contributed by atoms with E-state index in [0.717, 1.165) is 5.75 Å². The van der Waals surface area contributed by atoms with Crippen molar-refractivity contribution in [1.82, 2.24) is 0 Å². The summed E-state index contributed by atoms with van der Waals surface area (Å²) < 4.78 is 12.4. The molecule has 0 spiro atoms. The molecule has 4 aliphatic rings. The molecule has 2 unspecified atom stereocenters.